The van der Waals surface area contributed by atoms with Crippen LogP contribution in [0.1, 0.15) is 16.7 Å². The lowest BCUT2D eigenvalue weighted by atomic mass is 10.1. The highest BCUT2D eigenvalue weighted by atomic mass is 32.2. The normalized spacial score (nSPS) is 16.7. The van der Waals surface area contributed by atoms with Gasteiger partial charge in [-0.2, -0.15) is 4.31 Å². The molecule has 0 aromatic heterocycles. The zero-order valence-corrected chi connectivity index (χ0v) is 18.0. The molecule has 29 heavy (non-hydrogen) atoms. The van der Waals surface area contributed by atoms with E-state index in [1.807, 2.05) is 39.1 Å². The number of nitrogens with zero attached hydrogens (tertiary/aromatic N) is 3. The monoisotopic (exact) mass is 415 g/mol. The lowest BCUT2D eigenvalue weighted by Gasteiger charge is -2.32. The third kappa shape index (κ3) is 5.35. The summed E-state index contributed by atoms with van der Waals surface area (Å²) >= 11 is 0. The largest absolute Gasteiger partial charge is 0.370 e. The van der Waals surface area contributed by atoms with E-state index in [2.05, 4.69) is 21.3 Å². The molecule has 1 aliphatic rings. The zero-order valence-electron chi connectivity index (χ0n) is 17.2. The number of likely N-dealkylation sites (N-methyl/N-ethyl adjacent to an activating group) is 1. The summed E-state index contributed by atoms with van der Waals surface area (Å²) in [6.45, 7) is 6.67. The highest BCUT2D eigenvalue weighted by Crippen LogP contribution is 2.22. The molecule has 0 spiro atoms. The maximum absolute atomic E-state index is 13.1. The van der Waals surface area contributed by atoms with Gasteiger partial charge in [0.25, 0.3) is 0 Å². The average Bonchev–Trinajstić information content (AvgIpc) is 2.66. The fourth-order valence-electron chi connectivity index (χ4n) is 3.46. The maximum Gasteiger partial charge on any atom is 0.243 e. The Labute approximate surface area is 173 Å². The van der Waals surface area contributed by atoms with Gasteiger partial charge in [0, 0.05) is 31.9 Å². The highest BCUT2D eigenvalue weighted by molar-refractivity contribution is 7.89. The Morgan fingerprint density at radius 3 is 2.34 bits per heavy atom. The molecule has 2 aromatic rings. The maximum atomic E-state index is 13.1. The number of aliphatic imine (C=N–C) groups is 1. The summed E-state index contributed by atoms with van der Waals surface area (Å²) in [5.74, 6) is 0.252. The minimum atomic E-state index is -3.56. The van der Waals surface area contributed by atoms with Crippen molar-refractivity contribution in [1.82, 2.24) is 9.21 Å². The third-order valence-corrected chi connectivity index (χ3v) is 6.97. The summed E-state index contributed by atoms with van der Waals surface area (Å²) < 4.78 is 27.8. The van der Waals surface area contributed by atoms with Crippen LogP contribution >= 0.6 is 0 Å². The van der Waals surface area contributed by atoms with E-state index >= 15 is 0 Å². The number of aryl methyl sites for hydroxylation is 2. The summed E-state index contributed by atoms with van der Waals surface area (Å²) in [4.78, 5) is 6.80. The molecule has 0 bridgehead atoms. The van der Waals surface area contributed by atoms with E-state index in [9.17, 15) is 8.42 Å². The Morgan fingerprint density at radius 1 is 1.07 bits per heavy atom. The molecule has 0 amide bonds. The van der Waals surface area contributed by atoms with Crippen LogP contribution in [0.2, 0.25) is 0 Å². The molecule has 1 aliphatic heterocycles. The van der Waals surface area contributed by atoms with Crippen LogP contribution in [0.25, 0.3) is 0 Å². The van der Waals surface area contributed by atoms with Crippen molar-refractivity contribution in [2.45, 2.75) is 25.3 Å². The van der Waals surface area contributed by atoms with Gasteiger partial charge >= 0.3 is 0 Å². The molecule has 1 saturated heterocycles. The predicted octanol–water partition coefficient (Wildman–Crippen LogP) is 2.17. The second kappa shape index (κ2) is 8.94. The van der Waals surface area contributed by atoms with E-state index in [0.29, 0.717) is 23.5 Å². The van der Waals surface area contributed by atoms with Crippen LogP contribution in [0, 0.1) is 13.8 Å². The van der Waals surface area contributed by atoms with Crippen molar-refractivity contribution >= 4 is 21.7 Å². The van der Waals surface area contributed by atoms with Gasteiger partial charge in [0.15, 0.2) is 5.96 Å². The second-order valence-electron chi connectivity index (χ2n) is 7.52. The van der Waals surface area contributed by atoms with E-state index in [4.69, 9.17) is 5.73 Å². The van der Waals surface area contributed by atoms with E-state index in [-0.39, 0.29) is 12.5 Å². The smallest absolute Gasteiger partial charge is 0.243 e. The van der Waals surface area contributed by atoms with Crippen molar-refractivity contribution < 1.29 is 8.42 Å². The van der Waals surface area contributed by atoms with Gasteiger partial charge in [-0.15, -0.1) is 0 Å². The molecule has 2 aromatic carbocycles. The predicted molar refractivity (Wildman–Crippen MR) is 118 cm³/mol. The number of hydrogen-bond acceptors (Lipinski definition) is 4. The van der Waals surface area contributed by atoms with Gasteiger partial charge in [-0.05, 0) is 55.8 Å². The number of guanidine groups is 1. The van der Waals surface area contributed by atoms with Crippen molar-refractivity contribution in [3.63, 3.8) is 0 Å². The van der Waals surface area contributed by atoms with Gasteiger partial charge in [-0.25, -0.2) is 13.4 Å². The van der Waals surface area contributed by atoms with Gasteiger partial charge in [0.1, 0.15) is 0 Å². The fourth-order valence-corrected chi connectivity index (χ4v) is 5.09. The van der Waals surface area contributed by atoms with Crippen LogP contribution < -0.4 is 11.1 Å². The van der Waals surface area contributed by atoms with Crippen LogP contribution in [0.5, 0.6) is 0 Å². The Bertz CT molecular complexity index is 976. The highest BCUT2D eigenvalue weighted by Gasteiger charge is 2.29. The molecule has 156 valence electrons. The first-order chi connectivity index (χ1) is 13.8. The molecule has 0 radical (unpaired) electrons. The molecular weight excluding hydrogens is 386 g/mol. The lowest BCUT2D eigenvalue weighted by molar-refractivity contribution is 0.222. The molecule has 1 fully saturated rings. The molecule has 0 saturated carbocycles. The summed E-state index contributed by atoms with van der Waals surface area (Å²) in [6, 6.07) is 13.1. The number of nitrogens with two attached hydrogens (primary N) is 1. The molecule has 7 nitrogen and oxygen atoms in total. The van der Waals surface area contributed by atoms with Crippen LogP contribution in [-0.2, 0) is 16.6 Å². The van der Waals surface area contributed by atoms with Gasteiger partial charge in [-0.1, -0.05) is 24.3 Å². The van der Waals surface area contributed by atoms with E-state index in [1.54, 1.807) is 22.5 Å². The van der Waals surface area contributed by atoms with Crippen LogP contribution in [-0.4, -0.2) is 56.8 Å². The lowest BCUT2D eigenvalue weighted by Crippen LogP contribution is -2.47. The Morgan fingerprint density at radius 2 is 1.69 bits per heavy atom. The SMILES string of the molecule is Cc1cc(C)cc(NC(N)=NCc2ccccc2S(=O)(=O)N2CCN(C)CC2)c1. The molecule has 0 atom stereocenters. The van der Waals surface area contributed by atoms with E-state index in [0.717, 1.165) is 29.9 Å². The third-order valence-electron chi connectivity index (χ3n) is 4.97. The average molecular weight is 416 g/mol. The van der Waals surface area contributed by atoms with Crippen LogP contribution in [0.15, 0.2) is 52.4 Å². The number of nitrogens with one attached hydrogen (secondary N) is 1. The first-order valence-electron chi connectivity index (χ1n) is 9.67. The Balaban J connectivity index is 1.77. The number of sulfonamides is 1. The first kappa shape index (κ1) is 21.3. The van der Waals surface area contributed by atoms with Crippen molar-refractivity contribution in [1.29, 1.82) is 0 Å². The molecule has 0 unspecified atom stereocenters. The van der Waals surface area contributed by atoms with Crippen molar-refractivity contribution in [2.24, 2.45) is 10.7 Å². The van der Waals surface area contributed by atoms with Gasteiger partial charge in [0.2, 0.25) is 10.0 Å². The van der Waals surface area contributed by atoms with Gasteiger partial charge in [0.05, 0.1) is 11.4 Å². The summed E-state index contributed by atoms with van der Waals surface area (Å²) in [7, 11) is -1.56. The van der Waals surface area contributed by atoms with E-state index < -0.39 is 10.0 Å². The minimum absolute atomic E-state index is 0.187. The summed E-state index contributed by atoms with van der Waals surface area (Å²) in [5.41, 5.74) is 9.80. The zero-order chi connectivity index (χ0) is 21.0. The standard InChI is InChI=1S/C21H29N5O2S/c1-16-12-17(2)14-19(13-16)24-21(22)23-15-18-6-4-5-7-20(18)29(27,28)26-10-8-25(3)9-11-26/h4-7,12-14H,8-11,15H2,1-3H3,(H3,22,23,24). The molecule has 1 heterocycles. The topological polar surface area (TPSA) is 91.0 Å². The van der Waals surface area contributed by atoms with Crippen molar-refractivity contribution in [3.8, 4) is 0 Å². The number of hydrogen-bond donors (Lipinski definition) is 2. The van der Waals surface area contributed by atoms with Crippen molar-refractivity contribution in [3.05, 3.63) is 59.2 Å². The Kier molecular flexibility index (Phi) is 6.56. The Hall–Kier alpha value is -2.42. The quantitative estimate of drug-likeness (QED) is 0.577. The summed E-state index contributed by atoms with van der Waals surface area (Å²) in [6.07, 6.45) is 0. The fraction of sp³-hybridized carbons (Fsp3) is 0.381. The number of benzene rings is 2. The summed E-state index contributed by atoms with van der Waals surface area (Å²) in [5, 5.41) is 3.08. The first-order valence-corrected chi connectivity index (χ1v) is 11.1. The van der Waals surface area contributed by atoms with Crippen LogP contribution in [0.3, 0.4) is 0 Å². The molecule has 0 aliphatic carbocycles. The van der Waals surface area contributed by atoms with Gasteiger partial charge in [-0.3, -0.25) is 0 Å². The minimum Gasteiger partial charge on any atom is -0.370 e. The number of rotatable bonds is 5. The molecule has 3 N–H and O–H groups in total. The van der Waals surface area contributed by atoms with Gasteiger partial charge < -0.3 is 16.0 Å². The number of anilines is 1. The molecule has 8 heteroatoms. The van der Waals surface area contributed by atoms with Crippen LogP contribution in [0.4, 0.5) is 5.69 Å². The molecule has 3 rings (SSSR count). The van der Waals surface area contributed by atoms with Crippen molar-refractivity contribution in [2.75, 3.05) is 38.5 Å². The molecular formula is C21H29N5O2S. The second-order valence-corrected chi connectivity index (χ2v) is 9.42. The number of piperazine rings is 1. The van der Waals surface area contributed by atoms with E-state index in [1.165, 1.54) is 0 Å².